The number of piperidine rings is 1. The number of hydrogen-bond acceptors (Lipinski definition) is 5. The van der Waals surface area contributed by atoms with Gasteiger partial charge >= 0.3 is 6.03 Å². The quantitative estimate of drug-likeness (QED) is 0.523. The van der Waals surface area contributed by atoms with Gasteiger partial charge in [-0.3, -0.25) is 9.59 Å². The molecule has 108 valence electrons. The molecule has 1 saturated heterocycles. The molecule has 3 aliphatic rings. The molecule has 0 bridgehead atoms. The Hall–Kier alpha value is -1.73. The average molecular weight is 280 g/mol. The van der Waals surface area contributed by atoms with Crippen molar-refractivity contribution in [3.8, 4) is 0 Å². The Morgan fingerprint density at radius 2 is 2.10 bits per heavy atom. The number of urea groups is 1. The van der Waals surface area contributed by atoms with Gasteiger partial charge in [-0.05, 0) is 12.8 Å². The maximum atomic E-state index is 12.0. The lowest BCUT2D eigenvalue weighted by Gasteiger charge is -2.31. The van der Waals surface area contributed by atoms with Crippen LogP contribution in [0.3, 0.4) is 0 Å². The molecule has 2 amide bonds. The number of fused-ring (bicyclic) bond motifs is 1. The molecule has 20 heavy (non-hydrogen) atoms. The van der Waals surface area contributed by atoms with E-state index in [4.69, 9.17) is 0 Å². The third kappa shape index (κ3) is 2.12. The number of nitrogens with zero attached hydrogens (tertiary/aromatic N) is 1. The largest absolute Gasteiger partial charge is 0.391 e. The summed E-state index contributed by atoms with van der Waals surface area (Å²) in [5.41, 5.74) is 0.0761. The summed E-state index contributed by atoms with van der Waals surface area (Å²) >= 11 is 0. The van der Waals surface area contributed by atoms with E-state index in [1.54, 1.807) is 0 Å². The smallest absolute Gasteiger partial charge is 0.321 e. The normalized spacial score (nSPS) is 36.3. The summed E-state index contributed by atoms with van der Waals surface area (Å²) in [6.07, 6.45) is 0.832. The van der Waals surface area contributed by atoms with E-state index < -0.39 is 30.1 Å². The van der Waals surface area contributed by atoms with E-state index in [9.17, 15) is 24.6 Å². The first kappa shape index (κ1) is 13.3. The first-order chi connectivity index (χ1) is 9.49. The molecule has 2 fully saturated rings. The molecule has 0 aromatic heterocycles. The van der Waals surface area contributed by atoms with Crippen molar-refractivity contribution < 1.29 is 24.6 Å². The number of rotatable bonds is 1. The molecule has 0 aromatic rings. The van der Waals surface area contributed by atoms with Crippen molar-refractivity contribution in [2.24, 2.45) is 11.8 Å². The summed E-state index contributed by atoms with van der Waals surface area (Å²) in [6, 6.07) is -0.464. The van der Waals surface area contributed by atoms with E-state index >= 15 is 0 Å². The first-order valence-electron chi connectivity index (χ1n) is 6.70. The summed E-state index contributed by atoms with van der Waals surface area (Å²) in [4.78, 5) is 36.4. The number of likely N-dealkylation sites (tertiary alicyclic amines) is 1. The van der Waals surface area contributed by atoms with Crippen LogP contribution in [0.1, 0.15) is 12.8 Å². The number of aliphatic hydroxyl groups is 2. The molecule has 0 radical (unpaired) electrons. The van der Waals surface area contributed by atoms with Gasteiger partial charge in [-0.15, -0.1) is 0 Å². The lowest BCUT2D eigenvalue weighted by atomic mass is 10.0. The van der Waals surface area contributed by atoms with Crippen LogP contribution >= 0.6 is 0 Å². The minimum atomic E-state index is -1.12. The average Bonchev–Trinajstić information content (AvgIpc) is 3.08. The maximum Gasteiger partial charge on any atom is 0.321 e. The number of nitrogens with one attached hydrogen (secondary N) is 1. The highest BCUT2D eigenvalue weighted by molar-refractivity contribution is 6.22. The van der Waals surface area contributed by atoms with Crippen LogP contribution in [0.4, 0.5) is 4.79 Å². The second-order valence-corrected chi connectivity index (χ2v) is 5.52. The molecule has 7 nitrogen and oxygen atoms in total. The topological polar surface area (TPSA) is 107 Å². The van der Waals surface area contributed by atoms with Gasteiger partial charge < -0.3 is 20.4 Å². The second-order valence-electron chi connectivity index (χ2n) is 5.52. The zero-order chi connectivity index (χ0) is 14.4. The zero-order valence-electron chi connectivity index (χ0n) is 10.8. The molecule has 4 unspecified atom stereocenters. The van der Waals surface area contributed by atoms with Gasteiger partial charge in [0, 0.05) is 19.2 Å². The number of aliphatic hydroxyl groups excluding tert-OH is 2. The number of ketones is 2. The number of Topliss-reactive ketones (excluding diaryl/α,β-unsaturated/α-hetero) is 1. The molecular formula is C13H16N2O5. The van der Waals surface area contributed by atoms with E-state index in [1.807, 2.05) is 0 Å². The molecule has 7 heteroatoms. The highest BCUT2D eigenvalue weighted by Crippen LogP contribution is 2.42. The molecule has 4 atom stereocenters. The molecule has 0 aromatic carbocycles. The van der Waals surface area contributed by atoms with E-state index in [0.717, 1.165) is 6.08 Å². The monoisotopic (exact) mass is 280 g/mol. The molecule has 3 N–H and O–H groups in total. The number of amides is 2. The van der Waals surface area contributed by atoms with Crippen LogP contribution < -0.4 is 5.32 Å². The summed E-state index contributed by atoms with van der Waals surface area (Å²) in [5.74, 6) is -2.05. The van der Waals surface area contributed by atoms with Crippen molar-refractivity contribution in [3.05, 3.63) is 11.8 Å². The van der Waals surface area contributed by atoms with Gasteiger partial charge in [-0.2, -0.15) is 0 Å². The predicted octanol–water partition coefficient (Wildman–Crippen LogP) is -1.20. The summed E-state index contributed by atoms with van der Waals surface area (Å²) < 4.78 is 0. The van der Waals surface area contributed by atoms with Crippen LogP contribution in [-0.4, -0.2) is 58.0 Å². The van der Waals surface area contributed by atoms with E-state index in [2.05, 4.69) is 5.32 Å². The summed E-state index contributed by atoms with van der Waals surface area (Å²) in [5, 5.41) is 22.0. The van der Waals surface area contributed by atoms with Crippen molar-refractivity contribution in [1.82, 2.24) is 10.2 Å². The molecule has 1 aliphatic heterocycles. The van der Waals surface area contributed by atoms with Crippen LogP contribution in [0, 0.1) is 11.8 Å². The molecule has 0 spiro atoms. The Kier molecular flexibility index (Phi) is 3.10. The number of allylic oxidation sites excluding steroid dienone is 1. The molecular weight excluding hydrogens is 264 g/mol. The fourth-order valence-electron chi connectivity index (χ4n) is 2.89. The highest BCUT2D eigenvalue weighted by Gasteiger charge is 2.60. The van der Waals surface area contributed by atoms with Gasteiger partial charge in [-0.1, -0.05) is 0 Å². The van der Waals surface area contributed by atoms with E-state index in [0.29, 0.717) is 19.4 Å². The highest BCUT2D eigenvalue weighted by atomic mass is 16.3. The molecule has 3 rings (SSSR count). The third-order valence-corrected chi connectivity index (χ3v) is 4.08. The van der Waals surface area contributed by atoms with Crippen LogP contribution in [0.15, 0.2) is 11.8 Å². The van der Waals surface area contributed by atoms with Gasteiger partial charge in [0.2, 0.25) is 0 Å². The number of carbonyl (C=O) groups excluding carboxylic acids is 3. The Balaban J connectivity index is 1.67. The van der Waals surface area contributed by atoms with Crippen molar-refractivity contribution in [1.29, 1.82) is 0 Å². The van der Waals surface area contributed by atoms with Gasteiger partial charge in [0.1, 0.15) is 6.10 Å². The van der Waals surface area contributed by atoms with Gasteiger partial charge in [0.15, 0.2) is 11.6 Å². The first-order valence-corrected chi connectivity index (χ1v) is 6.70. The third-order valence-electron chi connectivity index (χ3n) is 4.08. The predicted molar refractivity (Wildman–Crippen MR) is 66.4 cm³/mol. The summed E-state index contributed by atoms with van der Waals surface area (Å²) in [7, 11) is 0. The second kappa shape index (κ2) is 4.68. The Bertz CT molecular complexity index is 515. The van der Waals surface area contributed by atoms with Gasteiger partial charge in [0.05, 0.1) is 23.6 Å². The lowest BCUT2D eigenvalue weighted by molar-refractivity contribution is -0.119. The van der Waals surface area contributed by atoms with E-state index in [-0.39, 0.29) is 23.8 Å². The number of β-amino-alcohol motifs (C(OH)–C–C–N with tert-alkyl or cyclic N) is 1. The summed E-state index contributed by atoms with van der Waals surface area (Å²) in [6.45, 7) is 0.749. The standard InChI is InChI=1S/C13H16N2O5/c16-6-2-1-3-15(5-6)13(20)14-7-4-8(17)9-10(11(7)18)12(9)19/h4,6,9-11,16,18H,1-3,5H2,(H,14,20). The van der Waals surface area contributed by atoms with Crippen LogP contribution in [0.2, 0.25) is 0 Å². The van der Waals surface area contributed by atoms with Gasteiger partial charge in [-0.25, -0.2) is 4.79 Å². The van der Waals surface area contributed by atoms with Gasteiger partial charge in [0.25, 0.3) is 0 Å². The Labute approximate surface area is 115 Å². The van der Waals surface area contributed by atoms with E-state index in [1.165, 1.54) is 4.90 Å². The molecule has 1 saturated carbocycles. The van der Waals surface area contributed by atoms with Crippen molar-refractivity contribution >= 4 is 17.6 Å². The minimum absolute atomic E-state index is 0.0761. The van der Waals surface area contributed by atoms with Crippen LogP contribution in [-0.2, 0) is 9.59 Å². The van der Waals surface area contributed by atoms with Crippen molar-refractivity contribution in [3.63, 3.8) is 0 Å². The number of carbonyl (C=O) groups is 3. The number of hydrogen-bond donors (Lipinski definition) is 3. The fourth-order valence-corrected chi connectivity index (χ4v) is 2.89. The zero-order valence-corrected chi connectivity index (χ0v) is 10.8. The Morgan fingerprint density at radius 3 is 2.80 bits per heavy atom. The van der Waals surface area contributed by atoms with Crippen LogP contribution in [0.5, 0.6) is 0 Å². The Morgan fingerprint density at radius 1 is 1.35 bits per heavy atom. The van der Waals surface area contributed by atoms with Crippen LogP contribution in [0.25, 0.3) is 0 Å². The van der Waals surface area contributed by atoms with Crippen molar-refractivity contribution in [2.75, 3.05) is 13.1 Å². The lowest BCUT2D eigenvalue weighted by Crippen LogP contribution is -2.48. The minimum Gasteiger partial charge on any atom is -0.391 e. The van der Waals surface area contributed by atoms with Crippen molar-refractivity contribution in [2.45, 2.75) is 25.0 Å². The SMILES string of the molecule is O=C1C=C(NC(=O)N2CCCC(O)C2)C(O)C2C(=O)C12. The molecule has 1 heterocycles. The molecule has 2 aliphatic carbocycles. The fraction of sp³-hybridized carbons (Fsp3) is 0.615. The maximum absolute atomic E-state index is 12.0.